The molecule has 2 N–H and O–H groups in total. The highest BCUT2D eigenvalue weighted by Gasteiger charge is 2.44. The van der Waals surface area contributed by atoms with Gasteiger partial charge in [0.1, 0.15) is 17.4 Å². The third-order valence-electron chi connectivity index (χ3n) is 7.52. The molecule has 3 heterocycles. The highest BCUT2D eigenvalue weighted by Crippen LogP contribution is 2.33. The molecule has 2 aliphatic rings. The number of nitrogens with zero attached hydrogens (tertiary/aromatic N) is 1. The van der Waals surface area contributed by atoms with Crippen LogP contribution in [0.5, 0.6) is 0 Å². The van der Waals surface area contributed by atoms with Crippen LogP contribution in [0.15, 0.2) is 63.9 Å². The van der Waals surface area contributed by atoms with E-state index in [0.717, 1.165) is 12.0 Å². The van der Waals surface area contributed by atoms with E-state index in [1.807, 2.05) is 44.2 Å². The minimum Gasteiger partial charge on any atom is -0.461 e. The largest absolute Gasteiger partial charge is 0.461 e. The van der Waals surface area contributed by atoms with E-state index in [9.17, 15) is 18.3 Å². The Hall–Kier alpha value is -2.96. The number of ether oxygens (including phenoxy) is 3. The number of fused-ring (bicyclic) bond motifs is 2. The molecule has 2 saturated heterocycles. The van der Waals surface area contributed by atoms with Crippen molar-refractivity contribution in [3.63, 3.8) is 0 Å². The average Bonchev–Trinajstić information content (AvgIpc) is 3.64. The molecule has 0 saturated carbocycles. The molecule has 0 spiro atoms. The monoisotopic (exact) mass is 586 g/mol. The quantitative estimate of drug-likeness (QED) is 0.347. The summed E-state index contributed by atoms with van der Waals surface area (Å²) in [4.78, 5) is 13.1. The summed E-state index contributed by atoms with van der Waals surface area (Å²) in [5.41, 5.74) is 1.48. The molecule has 2 aromatic carbocycles. The SMILES string of the molecule is Cc1cc2cc(S(=O)(=O)N(CC(C)C)C[C@@H](O)[C@H](Cc3ccccc3)NC(=O)OC3CO[C@H]4OCC[C@@H]34)ccc2o1. The van der Waals surface area contributed by atoms with Gasteiger partial charge in [-0.05, 0) is 55.5 Å². The van der Waals surface area contributed by atoms with Crippen LogP contribution in [0.4, 0.5) is 4.79 Å². The molecule has 3 aromatic rings. The molecule has 0 radical (unpaired) electrons. The Labute approximate surface area is 240 Å². The molecule has 2 fully saturated rings. The molecule has 11 heteroatoms. The number of sulfonamides is 1. The zero-order valence-electron chi connectivity index (χ0n) is 23.6. The van der Waals surface area contributed by atoms with Crippen LogP contribution in [0.3, 0.4) is 0 Å². The maximum atomic E-state index is 13.8. The summed E-state index contributed by atoms with van der Waals surface area (Å²) in [6, 6.07) is 15.1. The van der Waals surface area contributed by atoms with Crippen molar-refractivity contribution in [2.75, 3.05) is 26.3 Å². The van der Waals surface area contributed by atoms with Crippen molar-refractivity contribution in [1.82, 2.24) is 9.62 Å². The molecule has 1 aromatic heterocycles. The minimum atomic E-state index is -3.98. The molecule has 2 aliphatic heterocycles. The molecular weight excluding hydrogens is 548 g/mol. The van der Waals surface area contributed by atoms with Crippen LogP contribution in [0.2, 0.25) is 0 Å². The van der Waals surface area contributed by atoms with Gasteiger partial charge in [0.2, 0.25) is 10.0 Å². The van der Waals surface area contributed by atoms with Crippen molar-refractivity contribution in [1.29, 1.82) is 0 Å². The fourth-order valence-corrected chi connectivity index (χ4v) is 7.16. The van der Waals surface area contributed by atoms with Crippen molar-refractivity contribution in [2.24, 2.45) is 11.8 Å². The first-order valence-corrected chi connectivity index (χ1v) is 15.5. The summed E-state index contributed by atoms with van der Waals surface area (Å²) in [7, 11) is -3.98. The van der Waals surface area contributed by atoms with Crippen LogP contribution in [-0.4, -0.2) is 74.8 Å². The lowest BCUT2D eigenvalue weighted by atomic mass is 10.0. The fraction of sp³-hybridized carbons (Fsp3) is 0.500. The lowest BCUT2D eigenvalue weighted by Crippen LogP contribution is -2.51. The first-order chi connectivity index (χ1) is 19.6. The number of rotatable bonds is 11. The fourth-order valence-electron chi connectivity index (χ4n) is 5.50. The van der Waals surface area contributed by atoms with Crippen LogP contribution in [0.25, 0.3) is 11.0 Å². The molecule has 1 amide bonds. The Bertz CT molecular complexity index is 1440. The van der Waals surface area contributed by atoms with Gasteiger partial charge in [0.25, 0.3) is 0 Å². The number of hydrogen-bond donors (Lipinski definition) is 2. The smallest absolute Gasteiger partial charge is 0.407 e. The van der Waals surface area contributed by atoms with Gasteiger partial charge in [-0.2, -0.15) is 4.31 Å². The van der Waals surface area contributed by atoms with Gasteiger partial charge in [0.05, 0.1) is 36.2 Å². The molecule has 5 rings (SSSR count). The Balaban J connectivity index is 1.35. The second kappa shape index (κ2) is 12.5. The number of aliphatic hydroxyl groups is 1. The zero-order chi connectivity index (χ0) is 29.1. The number of alkyl carbamates (subject to hydrolysis) is 1. The number of benzene rings is 2. The highest BCUT2D eigenvalue weighted by molar-refractivity contribution is 7.89. The summed E-state index contributed by atoms with van der Waals surface area (Å²) in [5.74, 6) is 0.651. The van der Waals surface area contributed by atoms with Gasteiger partial charge in [-0.15, -0.1) is 0 Å². The maximum absolute atomic E-state index is 13.8. The van der Waals surface area contributed by atoms with Crippen LogP contribution in [0, 0.1) is 18.8 Å². The zero-order valence-corrected chi connectivity index (χ0v) is 24.4. The molecule has 5 atom stereocenters. The lowest BCUT2D eigenvalue weighted by molar-refractivity contribution is -0.0907. The van der Waals surface area contributed by atoms with Crippen molar-refractivity contribution in [3.8, 4) is 0 Å². The number of carbonyl (C=O) groups is 1. The molecule has 222 valence electrons. The van der Waals surface area contributed by atoms with Crippen LogP contribution in [-0.2, 0) is 30.7 Å². The summed E-state index contributed by atoms with van der Waals surface area (Å²) < 4.78 is 51.3. The molecular formula is C30H38N2O8S. The summed E-state index contributed by atoms with van der Waals surface area (Å²) in [6.45, 7) is 6.41. The number of carbonyl (C=O) groups excluding carboxylic acids is 1. The van der Waals surface area contributed by atoms with Gasteiger partial charge in [0, 0.05) is 18.5 Å². The van der Waals surface area contributed by atoms with Gasteiger partial charge in [-0.3, -0.25) is 0 Å². The highest BCUT2D eigenvalue weighted by atomic mass is 32.2. The second-order valence-corrected chi connectivity index (χ2v) is 13.2. The number of hydrogen-bond acceptors (Lipinski definition) is 8. The standard InChI is InChI=1S/C30H38N2O8S/c1-19(2)16-32(41(35,36)23-9-10-27-22(15-23)13-20(3)39-27)17-26(33)25(14-21-7-5-4-6-8-21)31-30(34)40-28-18-38-29-24(28)11-12-37-29/h4-10,13,15,19,24-26,28-29,33H,11-12,14,16-18H2,1-3H3,(H,31,34)/t24-,25-,26+,28?,29+/m0/s1. The van der Waals surface area contributed by atoms with E-state index in [1.54, 1.807) is 25.1 Å². The second-order valence-electron chi connectivity index (χ2n) is 11.2. The Morgan fingerprint density at radius 2 is 1.90 bits per heavy atom. The minimum absolute atomic E-state index is 0.00804. The van der Waals surface area contributed by atoms with E-state index in [-0.39, 0.29) is 49.1 Å². The topological polar surface area (TPSA) is 128 Å². The van der Waals surface area contributed by atoms with E-state index in [4.69, 9.17) is 18.6 Å². The average molecular weight is 587 g/mol. The Kier molecular flexibility index (Phi) is 9.00. The maximum Gasteiger partial charge on any atom is 0.407 e. The normalized spacial score (nSPS) is 22.2. The van der Waals surface area contributed by atoms with E-state index >= 15 is 0 Å². The van der Waals surface area contributed by atoms with Gasteiger partial charge in [-0.25, -0.2) is 13.2 Å². The van der Waals surface area contributed by atoms with Crippen LogP contribution < -0.4 is 5.32 Å². The van der Waals surface area contributed by atoms with E-state index < -0.39 is 34.4 Å². The first kappa shape index (κ1) is 29.5. The van der Waals surface area contributed by atoms with E-state index in [2.05, 4.69) is 5.32 Å². The predicted molar refractivity (Wildman–Crippen MR) is 152 cm³/mol. The number of nitrogens with one attached hydrogen (secondary N) is 1. The molecule has 0 aliphatic carbocycles. The molecule has 0 bridgehead atoms. The van der Waals surface area contributed by atoms with Crippen molar-refractivity contribution in [3.05, 3.63) is 65.9 Å². The van der Waals surface area contributed by atoms with Crippen molar-refractivity contribution in [2.45, 2.75) is 63.0 Å². The Morgan fingerprint density at radius 3 is 2.66 bits per heavy atom. The van der Waals surface area contributed by atoms with Gasteiger partial charge >= 0.3 is 6.09 Å². The first-order valence-electron chi connectivity index (χ1n) is 14.0. The third kappa shape index (κ3) is 6.92. The third-order valence-corrected chi connectivity index (χ3v) is 9.35. The lowest BCUT2D eigenvalue weighted by Gasteiger charge is -2.31. The van der Waals surface area contributed by atoms with Crippen LogP contribution >= 0.6 is 0 Å². The van der Waals surface area contributed by atoms with E-state index in [0.29, 0.717) is 23.3 Å². The summed E-state index contributed by atoms with van der Waals surface area (Å²) in [5, 5.41) is 15.0. The number of aryl methyl sites for hydroxylation is 1. The molecule has 1 unspecified atom stereocenters. The Morgan fingerprint density at radius 1 is 1.12 bits per heavy atom. The van der Waals surface area contributed by atoms with Gasteiger partial charge in [-0.1, -0.05) is 44.2 Å². The number of furan rings is 1. The summed E-state index contributed by atoms with van der Waals surface area (Å²) >= 11 is 0. The van der Waals surface area contributed by atoms with Gasteiger partial charge < -0.3 is 29.1 Å². The molecule has 41 heavy (non-hydrogen) atoms. The number of amides is 1. The van der Waals surface area contributed by atoms with E-state index in [1.165, 1.54) is 10.4 Å². The van der Waals surface area contributed by atoms with Crippen LogP contribution in [0.1, 0.15) is 31.6 Å². The van der Waals surface area contributed by atoms with Crippen molar-refractivity contribution < 1.29 is 36.9 Å². The van der Waals surface area contributed by atoms with Crippen molar-refractivity contribution >= 4 is 27.1 Å². The molecule has 10 nitrogen and oxygen atoms in total. The summed E-state index contributed by atoms with van der Waals surface area (Å²) in [6.07, 6.45) is -1.70. The van der Waals surface area contributed by atoms with Gasteiger partial charge in [0.15, 0.2) is 6.29 Å². The number of aliphatic hydroxyl groups excluding tert-OH is 1. The predicted octanol–water partition coefficient (Wildman–Crippen LogP) is 3.85.